The quantitative estimate of drug-likeness (QED) is 0.699. The lowest BCUT2D eigenvalue weighted by atomic mass is 9.80. The average molecular weight is 281 g/mol. The average Bonchev–Trinajstić information content (AvgIpc) is 2.98. The summed E-state index contributed by atoms with van der Waals surface area (Å²) >= 11 is 0. The smallest absolute Gasteiger partial charge is 0.220 e. The van der Waals surface area contributed by atoms with E-state index in [1.54, 1.807) is 0 Å². The third-order valence-electron chi connectivity index (χ3n) is 4.95. The second kappa shape index (κ2) is 8.63. The van der Waals surface area contributed by atoms with Gasteiger partial charge < -0.3 is 16.0 Å². The van der Waals surface area contributed by atoms with Gasteiger partial charge in [-0.15, -0.1) is 0 Å². The zero-order chi connectivity index (χ0) is 14.2. The molecule has 0 atom stereocenters. The molecule has 20 heavy (non-hydrogen) atoms. The summed E-state index contributed by atoms with van der Waals surface area (Å²) in [6.07, 6.45) is 9.29. The second-order valence-corrected chi connectivity index (χ2v) is 6.58. The van der Waals surface area contributed by atoms with E-state index in [9.17, 15) is 4.79 Å². The molecule has 0 bridgehead atoms. The number of hydrogen-bond donors (Lipinski definition) is 2. The van der Waals surface area contributed by atoms with Gasteiger partial charge in [0.15, 0.2) is 0 Å². The number of nitrogens with two attached hydrogens (primary N) is 1. The van der Waals surface area contributed by atoms with Gasteiger partial charge in [0.2, 0.25) is 5.91 Å². The summed E-state index contributed by atoms with van der Waals surface area (Å²) in [5.74, 6) is 1.55. The fraction of sp³-hybridized carbons (Fsp3) is 0.938. The first-order valence-corrected chi connectivity index (χ1v) is 8.47. The Hall–Kier alpha value is -0.610. The number of nitrogens with one attached hydrogen (secondary N) is 1. The molecule has 1 amide bonds. The van der Waals surface area contributed by atoms with Crippen LogP contribution >= 0.6 is 0 Å². The highest BCUT2D eigenvalue weighted by molar-refractivity contribution is 5.76. The standard InChI is InChI=1S/C16H31N3O/c17-13-15-6-4-14(5-7-15)12-16(20)18-8-3-11-19-9-1-2-10-19/h14-15H,1-13,17H2,(H,18,20). The van der Waals surface area contributed by atoms with E-state index in [4.69, 9.17) is 5.73 Å². The van der Waals surface area contributed by atoms with Crippen LogP contribution in [0.1, 0.15) is 51.4 Å². The monoisotopic (exact) mass is 281 g/mol. The van der Waals surface area contributed by atoms with Gasteiger partial charge >= 0.3 is 0 Å². The normalized spacial score (nSPS) is 27.6. The minimum Gasteiger partial charge on any atom is -0.356 e. The molecule has 1 saturated carbocycles. The molecule has 2 fully saturated rings. The van der Waals surface area contributed by atoms with Crippen LogP contribution in [-0.4, -0.2) is 43.5 Å². The van der Waals surface area contributed by atoms with Crippen molar-refractivity contribution in [2.45, 2.75) is 51.4 Å². The van der Waals surface area contributed by atoms with E-state index in [1.165, 1.54) is 51.6 Å². The van der Waals surface area contributed by atoms with Crippen molar-refractivity contribution in [3.8, 4) is 0 Å². The molecule has 0 radical (unpaired) electrons. The van der Waals surface area contributed by atoms with E-state index in [0.29, 0.717) is 11.8 Å². The van der Waals surface area contributed by atoms with Crippen molar-refractivity contribution in [2.24, 2.45) is 17.6 Å². The number of likely N-dealkylation sites (tertiary alicyclic amines) is 1. The Morgan fingerprint density at radius 1 is 1.10 bits per heavy atom. The van der Waals surface area contributed by atoms with Gasteiger partial charge in [-0.2, -0.15) is 0 Å². The van der Waals surface area contributed by atoms with Crippen LogP contribution in [0.5, 0.6) is 0 Å². The first kappa shape index (κ1) is 15.8. The molecule has 116 valence electrons. The van der Waals surface area contributed by atoms with Crippen LogP contribution in [0.3, 0.4) is 0 Å². The van der Waals surface area contributed by atoms with Gasteiger partial charge in [-0.25, -0.2) is 0 Å². The number of carbonyl (C=O) groups excluding carboxylic acids is 1. The van der Waals surface area contributed by atoms with Gasteiger partial charge in [0.25, 0.3) is 0 Å². The van der Waals surface area contributed by atoms with Gasteiger partial charge in [0.1, 0.15) is 0 Å². The second-order valence-electron chi connectivity index (χ2n) is 6.58. The molecule has 4 heteroatoms. The molecule has 1 heterocycles. The number of rotatable bonds is 7. The highest BCUT2D eigenvalue weighted by Crippen LogP contribution is 2.29. The van der Waals surface area contributed by atoms with E-state index in [2.05, 4.69) is 10.2 Å². The molecular formula is C16H31N3O. The lowest BCUT2D eigenvalue weighted by Gasteiger charge is -2.27. The first-order valence-electron chi connectivity index (χ1n) is 8.47. The zero-order valence-corrected chi connectivity index (χ0v) is 12.8. The van der Waals surface area contributed by atoms with Crippen molar-refractivity contribution in [3.05, 3.63) is 0 Å². The minimum atomic E-state index is 0.252. The van der Waals surface area contributed by atoms with Crippen molar-refractivity contribution < 1.29 is 4.79 Å². The molecule has 2 aliphatic rings. The predicted octanol–water partition coefficient (Wildman–Crippen LogP) is 1.74. The van der Waals surface area contributed by atoms with Gasteiger partial charge in [0.05, 0.1) is 0 Å². The van der Waals surface area contributed by atoms with E-state index >= 15 is 0 Å². The van der Waals surface area contributed by atoms with Gasteiger partial charge in [0, 0.05) is 13.0 Å². The Morgan fingerprint density at radius 3 is 2.40 bits per heavy atom. The Labute approximate surface area is 123 Å². The molecular weight excluding hydrogens is 250 g/mol. The number of carbonyl (C=O) groups is 1. The first-order chi connectivity index (χ1) is 9.78. The Kier molecular flexibility index (Phi) is 6.80. The number of hydrogen-bond acceptors (Lipinski definition) is 3. The molecule has 1 aliphatic heterocycles. The van der Waals surface area contributed by atoms with Crippen LogP contribution in [0.25, 0.3) is 0 Å². The van der Waals surface area contributed by atoms with Crippen molar-refractivity contribution in [1.29, 1.82) is 0 Å². The molecule has 1 saturated heterocycles. The van der Waals surface area contributed by atoms with Crippen LogP contribution in [-0.2, 0) is 4.79 Å². The summed E-state index contributed by atoms with van der Waals surface area (Å²) in [6.45, 7) is 5.29. The molecule has 4 nitrogen and oxygen atoms in total. The molecule has 3 N–H and O–H groups in total. The van der Waals surface area contributed by atoms with Crippen molar-refractivity contribution >= 4 is 5.91 Å². The van der Waals surface area contributed by atoms with Crippen molar-refractivity contribution in [3.63, 3.8) is 0 Å². The molecule has 0 aromatic rings. The highest BCUT2D eigenvalue weighted by Gasteiger charge is 2.22. The summed E-state index contributed by atoms with van der Waals surface area (Å²) in [4.78, 5) is 14.4. The lowest BCUT2D eigenvalue weighted by molar-refractivity contribution is -0.122. The predicted molar refractivity (Wildman–Crippen MR) is 82.4 cm³/mol. The Morgan fingerprint density at radius 2 is 1.75 bits per heavy atom. The number of nitrogens with zero attached hydrogens (tertiary/aromatic N) is 1. The van der Waals surface area contributed by atoms with Crippen molar-refractivity contribution in [2.75, 3.05) is 32.7 Å². The zero-order valence-electron chi connectivity index (χ0n) is 12.8. The fourth-order valence-corrected chi connectivity index (χ4v) is 3.54. The topological polar surface area (TPSA) is 58.4 Å². The summed E-state index contributed by atoms with van der Waals surface area (Å²) in [5, 5.41) is 3.09. The maximum Gasteiger partial charge on any atom is 0.220 e. The fourth-order valence-electron chi connectivity index (χ4n) is 3.54. The van der Waals surface area contributed by atoms with E-state index in [0.717, 1.165) is 32.5 Å². The molecule has 0 aromatic heterocycles. The van der Waals surface area contributed by atoms with Gasteiger partial charge in [-0.1, -0.05) is 0 Å². The van der Waals surface area contributed by atoms with Crippen LogP contribution in [0.15, 0.2) is 0 Å². The minimum absolute atomic E-state index is 0.252. The van der Waals surface area contributed by atoms with Crippen LogP contribution in [0.2, 0.25) is 0 Å². The molecule has 0 unspecified atom stereocenters. The molecule has 0 spiro atoms. The molecule has 0 aromatic carbocycles. The molecule has 2 rings (SSSR count). The number of amides is 1. The van der Waals surface area contributed by atoms with Gasteiger partial charge in [-0.05, 0) is 83.0 Å². The van der Waals surface area contributed by atoms with Crippen molar-refractivity contribution in [1.82, 2.24) is 10.2 Å². The SMILES string of the molecule is NCC1CCC(CC(=O)NCCCN2CCCC2)CC1. The maximum absolute atomic E-state index is 11.9. The van der Waals surface area contributed by atoms with E-state index < -0.39 is 0 Å². The highest BCUT2D eigenvalue weighted by atomic mass is 16.1. The lowest BCUT2D eigenvalue weighted by Crippen LogP contribution is -2.31. The summed E-state index contributed by atoms with van der Waals surface area (Å²) < 4.78 is 0. The largest absolute Gasteiger partial charge is 0.356 e. The van der Waals surface area contributed by atoms with Crippen LogP contribution in [0, 0.1) is 11.8 Å². The van der Waals surface area contributed by atoms with Crippen LogP contribution < -0.4 is 11.1 Å². The Bertz CT molecular complexity index is 281. The third kappa shape index (κ3) is 5.41. The van der Waals surface area contributed by atoms with Gasteiger partial charge in [-0.3, -0.25) is 4.79 Å². The van der Waals surface area contributed by atoms with Crippen LogP contribution in [0.4, 0.5) is 0 Å². The Balaban J connectivity index is 1.49. The van der Waals surface area contributed by atoms with E-state index in [1.807, 2.05) is 0 Å². The maximum atomic E-state index is 11.9. The van der Waals surface area contributed by atoms with E-state index in [-0.39, 0.29) is 5.91 Å². The third-order valence-corrected chi connectivity index (χ3v) is 4.95. The summed E-state index contributed by atoms with van der Waals surface area (Å²) in [6, 6.07) is 0. The summed E-state index contributed by atoms with van der Waals surface area (Å²) in [7, 11) is 0. The summed E-state index contributed by atoms with van der Waals surface area (Å²) in [5.41, 5.74) is 5.70. The molecule has 1 aliphatic carbocycles.